The van der Waals surface area contributed by atoms with Crippen LogP contribution in [0, 0.1) is 5.82 Å². The minimum Gasteiger partial charge on any atom is -0.304 e. The molecule has 1 aromatic carbocycles. The van der Waals surface area contributed by atoms with Gasteiger partial charge in [0.15, 0.2) is 0 Å². The Morgan fingerprint density at radius 3 is 2.68 bits per heavy atom. The summed E-state index contributed by atoms with van der Waals surface area (Å²) in [5.74, 6) is -1.93. The average Bonchev–Trinajstić information content (AvgIpc) is 2.54. The van der Waals surface area contributed by atoms with Gasteiger partial charge in [-0.2, -0.15) is 0 Å². The van der Waals surface area contributed by atoms with Crippen molar-refractivity contribution in [2.45, 2.75) is 19.8 Å². The predicted octanol–water partition coefficient (Wildman–Crippen LogP) is 2.49. The summed E-state index contributed by atoms with van der Waals surface area (Å²) in [4.78, 5) is 35.8. The van der Waals surface area contributed by atoms with Crippen molar-refractivity contribution in [3.05, 3.63) is 28.0 Å². The molecule has 0 saturated heterocycles. The van der Waals surface area contributed by atoms with E-state index in [1.165, 1.54) is 17.9 Å². The molecular formula is C13H11BrFNO3. The Balaban J connectivity index is 2.31. The van der Waals surface area contributed by atoms with Crippen molar-refractivity contribution in [2.24, 2.45) is 0 Å². The van der Waals surface area contributed by atoms with Crippen molar-refractivity contribution < 1.29 is 18.8 Å². The van der Waals surface area contributed by atoms with Crippen LogP contribution in [0.4, 0.5) is 10.1 Å². The van der Waals surface area contributed by atoms with Gasteiger partial charge in [0, 0.05) is 17.4 Å². The van der Waals surface area contributed by atoms with E-state index in [1.54, 1.807) is 0 Å². The number of carbonyl (C=O) groups excluding carboxylic acids is 3. The van der Waals surface area contributed by atoms with Crippen LogP contribution in [0.2, 0.25) is 0 Å². The Morgan fingerprint density at radius 2 is 2.05 bits per heavy atom. The molecule has 0 bridgehead atoms. The first kappa shape index (κ1) is 13.9. The Kier molecular flexibility index (Phi) is 3.80. The number of hydrogen-bond acceptors (Lipinski definition) is 3. The maximum absolute atomic E-state index is 13.3. The number of fused-ring (bicyclic) bond motifs is 1. The van der Waals surface area contributed by atoms with Gasteiger partial charge in [0.05, 0.1) is 11.3 Å². The molecule has 1 aromatic rings. The van der Waals surface area contributed by atoms with Crippen LogP contribution in [0.3, 0.4) is 0 Å². The molecule has 0 spiro atoms. The normalized spacial score (nSPS) is 13.9. The van der Waals surface area contributed by atoms with Crippen LogP contribution in [0.1, 0.15) is 30.1 Å². The molecule has 0 saturated carbocycles. The zero-order chi connectivity index (χ0) is 14.2. The number of anilines is 1. The van der Waals surface area contributed by atoms with Crippen LogP contribution < -0.4 is 4.90 Å². The zero-order valence-corrected chi connectivity index (χ0v) is 11.8. The van der Waals surface area contributed by atoms with Gasteiger partial charge in [0.2, 0.25) is 0 Å². The minimum atomic E-state index is -0.710. The van der Waals surface area contributed by atoms with E-state index in [2.05, 4.69) is 15.9 Å². The monoisotopic (exact) mass is 327 g/mol. The number of ketones is 2. The van der Waals surface area contributed by atoms with Crippen molar-refractivity contribution in [2.75, 3.05) is 11.4 Å². The first-order valence-corrected chi connectivity index (χ1v) is 6.56. The van der Waals surface area contributed by atoms with Gasteiger partial charge in [0.1, 0.15) is 11.6 Å². The molecule has 0 fully saturated rings. The summed E-state index contributed by atoms with van der Waals surface area (Å²) in [7, 11) is 0. The fourth-order valence-electron chi connectivity index (χ4n) is 2.05. The van der Waals surface area contributed by atoms with E-state index in [1.807, 2.05) is 0 Å². The Hall–Kier alpha value is -1.56. The third-order valence-electron chi connectivity index (χ3n) is 2.89. The van der Waals surface area contributed by atoms with Gasteiger partial charge in [0.25, 0.3) is 11.7 Å². The molecule has 0 N–H and O–H groups in total. The van der Waals surface area contributed by atoms with E-state index >= 15 is 0 Å². The zero-order valence-electron chi connectivity index (χ0n) is 10.2. The minimum absolute atomic E-state index is 0.0244. The maximum Gasteiger partial charge on any atom is 0.299 e. The lowest BCUT2D eigenvalue weighted by Gasteiger charge is -2.17. The van der Waals surface area contributed by atoms with Gasteiger partial charge in [-0.15, -0.1) is 0 Å². The van der Waals surface area contributed by atoms with E-state index < -0.39 is 17.5 Å². The second kappa shape index (κ2) is 5.21. The highest BCUT2D eigenvalue weighted by atomic mass is 79.9. The van der Waals surface area contributed by atoms with Crippen LogP contribution >= 0.6 is 15.9 Å². The summed E-state index contributed by atoms with van der Waals surface area (Å²) < 4.78 is 13.6. The van der Waals surface area contributed by atoms with Gasteiger partial charge in [-0.25, -0.2) is 4.39 Å². The van der Waals surface area contributed by atoms with Crippen molar-refractivity contribution in [3.63, 3.8) is 0 Å². The molecule has 1 amide bonds. The smallest absolute Gasteiger partial charge is 0.299 e. The van der Waals surface area contributed by atoms with Gasteiger partial charge >= 0.3 is 0 Å². The third kappa shape index (κ3) is 2.58. The topological polar surface area (TPSA) is 54.5 Å². The number of carbonyl (C=O) groups is 3. The molecule has 1 aliphatic heterocycles. The first-order valence-electron chi connectivity index (χ1n) is 5.76. The fraction of sp³-hybridized carbons (Fsp3) is 0.308. The van der Waals surface area contributed by atoms with E-state index in [0.717, 1.165) is 6.07 Å². The van der Waals surface area contributed by atoms with Crippen LogP contribution in [0.25, 0.3) is 0 Å². The second-order valence-corrected chi connectivity index (χ2v) is 5.23. The molecule has 0 aromatic heterocycles. The molecule has 0 aliphatic carbocycles. The van der Waals surface area contributed by atoms with E-state index in [-0.39, 0.29) is 17.9 Å². The van der Waals surface area contributed by atoms with Gasteiger partial charge in [-0.05, 0) is 41.4 Å². The average molecular weight is 328 g/mol. The largest absolute Gasteiger partial charge is 0.304 e. The molecule has 0 atom stereocenters. The Morgan fingerprint density at radius 1 is 1.37 bits per heavy atom. The maximum atomic E-state index is 13.3. The lowest BCUT2D eigenvalue weighted by molar-refractivity contribution is -0.117. The summed E-state index contributed by atoms with van der Waals surface area (Å²) >= 11 is 3.16. The van der Waals surface area contributed by atoms with Gasteiger partial charge < -0.3 is 9.69 Å². The van der Waals surface area contributed by atoms with Gasteiger partial charge in [-0.1, -0.05) is 0 Å². The summed E-state index contributed by atoms with van der Waals surface area (Å²) in [5.41, 5.74) is 0.458. The highest BCUT2D eigenvalue weighted by molar-refractivity contribution is 9.10. The molecule has 1 aliphatic rings. The quantitative estimate of drug-likeness (QED) is 0.798. The third-order valence-corrected chi connectivity index (χ3v) is 3.50. The molecule has 2 rings (SSSR count). The van der Waals surface area contributed by atoms with Crippen LogP contribution in [-0.4, -0.2) is 24.0 Å². The second-order valence-electron chi connectivity index (χ2n) is 4.38. The number of benzene rings is 1. The highest BCUT2D eigenvalue weighted by Gasteiger charge is 2.37. The van der Waals surface area contributed by atoms with Crippen molar-refractivity contribution >= 4 is 39.1 Å². The molecule has 0 unspecified atom stereocenters. The molecular weight excluding hydrogens is 317 g/mol. The van der Waals surface area contributed by atoms with E-state index in [0.29, 0.717) is 23.0 Å². The van der Waals surface area contributed by atoms with Crippen molar-refractivity contribution in [3.8, 4) is 0 Å². The fourth-order valence-corrected chi connectivity index (χ4v) is 2.70. The lowest BCUT2D eigenvalue weighted by atomic mass is 10.1. The Bertz CT molecular complexity index is 585. The number of halogens is 2. The van der Waals surface area contributed by atoms with Crippen LogP contribution in [0.5, 0.6) is 0 Å². The molecule has 100 valence electrons. The number of nitrogens with zero attached hydrogens (tertiary/aromatic N) is 1. The van der Waals surface area contributed by atoms with Crippen molar-refractivity contribution in [1.29, 1.82) is 0 Å². The molecule has 19 heavy (non-hydrogen) atoms. The Labute approximate surface area is 117 Å². The number of rotatable bonds is 4. The van der Waals surface area contributed by atoms with E-state index in [9.17, 15) is 18.8 Å². The van der Waals surface area contributed by atoms with E-state index in [4.69, 9.17) is 0 Å². The standard InChI is InChI=1S/C13H11BrFNO3/c1-7(17)3-2-4-16-11-9(12(18)13(16)19)5-8(15)6-10(11)14/h5-6H,2-4H2,1H3. The number of hydrogen-bond donors (Lipinski definition) is 0. The van der Waals surface area contributed by atoms with Crippen LogP contribution in [-0.2, 0) is 9.59 Å². The highest BCUT2D eigenvalue weighted by Crippen LogP contribution is 2.36. The van der Waals surface area contributed by atoms with Crippen LogP contribution in [0.15, 0.2) is 16.6 Å². The first-order chi connectivity index (χ1) is 8.91. The molecule has 0 radical (unpaired) electrons. The summed E-state index contributed by atoms with van der Waals surface area (Å²) in [6.07, 6.45) is 0.809. The summed E-state index contributed by atoms with van der Waals surface area (Å²) in [6, 6.07) is 2.27. The molecule has 4 nitrogen and oxygen atoms in total. The predicted molar refractivity (Wildman–Crippen MR) is 70.7 cm³/mol. The van der Waals surface area contributed by atoms with Crippen molar-refractivity contribution in [1.82, 2.24) is 0 Å². The molecule has 1 heterocycles. The summed E-state index contributed by atoms with van der Waals surface area (Å²) in [5, 5.41) is 0. The van der Waals surface area contributed by atoms with Gasteiger partial charge in [-0.3, -0.25) is 9.59 Å². The number of Topliss-reactive ketones (excluding diaryl/α,β-unsaturated/α-hetero) is 2. The number of amides is 1. The SMILES string of the molecule is CC(=O)CCCN1C(=O)C(=O)c2cc(F)cc(Br)c21. The lowest BCUT2D eigenvalue weighted by Crippen LogP contribution is -2.31. The molecule has 6 heteroatoms. The summed E-state index contributed by atoms with van der Waals surface area (Å²) in [6.45, 7) is 1.73.